The number of sulfone groups is 1. The molecule has 5 heteroatoms. The van der Waals surface area contributed by atoms with E-state index in [4.69, 9.17) is 4.74 Å². The first-order chi connectivity index (χ1) is 9.09. The lowest BCUT2D eigenvalue weighted by Gasteiger charge is -2.20. The fourth-order valence-corrected chi connectivity index (χ4v) is 4.26. The van der Waals surface area contributed by atoms with Gasteiger partial charge in [-0.25, -0.2) is 8.42 Å². The summed E-state index contributed by atoms with van der Waals surface area (Å²) in [6.45, 7) is 3.74. The normalized spacial score (nSPS) is 23.9. The molecule has 1 rings (SSSR count). The first-order valence-electron chi connectivity index (χ1n) is 7.52. The molecule has 1 aliphatic carbocycles. The average Bonchev–Trinajstić information content (AvgIpc) is 2.82. The Morgan fingerprint density at radius 1 is 1.26 bits per heavy atom. The molecule has 0 aromatic rings. The highest BCUT2D eigenvalue weighted by molar-refractivity contribution is 7.91. The molecule has 4 nitrogen and oxygen atoms in total. The summed E-state index contributed by atoms with van der Waals surface area (Å²) in [7, 11) is -1.29. The second-order valence-electron chi connectivity index (χ2n) is 5.54. The molecule has 0 saturated heterocycles. The molecule has 0 aliphatic heterocycles. The van der Waals surface area contributed by atoms with E-state index >= 15 is 0 Å². The summed E-state index contributed by atoms with van der Waals surface area (Å²) in [4.78, 5) is 0. The van der Waals surface area contributed by atoms with Gasteiger partial charge in [0.1, 0.15) is 9.84 Å². The molecule has 1 saturated carbocycles. The molecule has 114 valence electrons. The molecular weight excluding hydrogens is 262 g/mol. The summed E-state index contributed by atoms with van der Waals surface area (Å²) in [5, 5.41) is 3.56. The Balaban J connectivity index is 2.29. The molecule has 0 spiro atoms. The van der Waals surface area contributed by atoms with Crippen LogP contribution < -0.4 is 5.32 Å². The average molecular weight is 291 g/mol. The van der Waals surface area contributed by atoms with Gasteiger partial charge in [-0.2, -0.15) is 0 Å². The van der Waals surface area contributed by atoms with Gasteiger partial charge in [0, 0.05) is 19.8 Å². The molecule has 0 aromatic heterocycles. The van der Waals surface area contributed by atoms with Crippen molar-refractivity contribution in [1.82, 2.24) is 5.32 Å². The van der Waals surface area contributed by atoms with Crippen molar-refractivity contribution in [2.45, 2.75) is 51.5 Å². The van der Waals surface area contributed by atoms with E-state index in [1.54, 1.807) is 7.11 Å². The molecule has 0 heterocycles. The fourth-order valence-electron chi connectivity index (χ4n) is 2.84. The van der Waals surface area contributed by atoms with Crippen LogP contribution in [0.2, 0.25) is 0 Å². The van der Waals surface area contributed by atoms with Crippen LogP contribution in [0.15, 0.2) is 0 Å². The Hall–Kier alpha value is -0.130. The molecule has 1 N–H and O–H groups in total. The van der Waals surface area contributed by atoms with Crippen molar-refractivity contribution in [1.29, 1.82) is 0 Å². The van der Waals surface area contributed by atoms with Crippen molar-refractivity contribution >= 4 is 9.84 Å². The van der Waals surface area contributed by atoms with E-state index in [9.17, 15) is 8.42 Å². The minimum atomic E-state index is -2.89. The van der Waals surface area contributed by atoms with Crippen LogP contribution in [-0.4, -0.2) is 46.2 Å². The van der Waals surface area contributed by atoms with E-state index in [2.05, 4.69) is 12.2 Å². The summed E-state index contributed by atoms with van der Waals surface area (Å²) in [6, 6.07) is 0.536. The molecule has 2 atom stereocenters. The summed E-state index contributed by atoms with van der Waals surface area (Å²) in [5.74, 6) is 1.15. The highest BCUT2D eigenvalue weighted by Crippen LogP contribution is 2.28. The smallest absolute Gasteiger partial charge is 0.150 e. The first kappa shape index (κ1) is 16.9. The Kier molecular flexibility index (Phi) is 7.95. The second-order valence-corrected chi connectivity index (χ2v) is 7.84. The highest BCUT2D eigenvalue weighted by Gasteiger charge is 2.27. The maximum absolute atomic E-state index is 11.9. The van der Waals surface area contributed by atoms with Gasteiger partial charge in [-0.05, 0) is 44.6 Å². The standard InChI is InChI=1S/C14H29NO3S/c1-3-9-15-14-7-4-6-13(14)8-12-19(16,17)11-5-10-18-2/h13-15H,3-12H2,1-2H3. The van der Waals surface area contributed by atoms with Crippen molar-refractivity contribution in [3.63, 3.8) is 0 Å². The van der Waals surface area contributed by atoms with E-state index in [0.29, 0.717) is 30.7 Å². The largest absolute Gasteiger partial charge is 0.385 e. The first-order valence-corrected chi connectivity index (χ1v) is 9.34. The Morgan fingerprint density at radius 2 is 2.05 bits per heavy atom. The number of rotatable bonds is 10. The highest BCUT2D eigenvalue weighted by atomic mass is 32.2. The lowest BCUT2D eigenvalue weighted by molar-refractivity contribution is 0.199. The van der Waals surface area contributed by atoms with Gasteiger partial charge in [0.05, 0.1) is 11.5 Å². The van der Waals surface area contributed by atoms with E-state index in [0.717, 1.165) is 19.4 Å². The van der Waals surface area contributed by atoms with Crippen molar-refractivity contribution in [2.75, 3.05) is 31.8 Å². The van der Waals surface area contributed by atoms with E-state index < -0.39 is 9.84 Å². The van der Waals surface area contributed by atoms with E-state index in [-0.39, 0.29) is 5.75 Å². The maximum atomic E-state index is 11.9. The van der Waals surface area contributed by atoms with Crippen LogP contribution in [0.1, 0.15) is 45.4 Å². The lowest BCUT2D eigenvalue weighted by atomic mass is 10.0. The van der Waals surface area contributed by atoms with Crippen LogP contribution in [0.4, 0.5) is 0 Å². The predicted octanol–water partition coefficient (Wildman–Crippen LogP) is 2.00. The molecule has 1 aliphatic rings. The number of ether oxygens (including phenoxy) is 1. The zero-order chi connectivity index (χ0) is 14.1. The summed E-state index contributed by atoms with van der Waals surface area (Å²) >= 11 is 0. The summed E-state index contributed by atoms with van der Waals surface area (Å²) in [6.07, 6.45) is 6.18. The number of hydrogen-bond donors (Lipinski definition) is 1. The van der Waals surface area contributed by atoms with Gasteiger partial charge >= 0.3 is 0 Å². The van der Waals surface area contributed by atoms with Crippen molar-refractivity contribution < 1.29 is 13.2 Å². The summed E-state index contributed by atoms with van der Waals surface area (Å²) < 4.78 is 28.7. The third-order valence-electron chi connectivity index (χ3n) is 3.92. The van der Waals surface area contributed by atoms with Crippen LogP contribution >= 0.6 is 0 Å². The third kappa shape index (κ3) is 6.72. The Labute approximate surface area is 118 Å². The van der Waals surface area contributed by atoms with Gasteiger partial charge in [-0.3, -0.25) is 0 Å². The van der Waals surface area contributed by atoms with Crippen molar-refractivity contribution in [2.24, 2.45) is 5.92 Å². The SMILES string of the molecule is CCCNC1CCCC1CCS(=O)(=O)CCCOC. The number of methoxy groups -OCH3 is 1. The molecule has 1 fully saturated rings. The van der Waals surface area contributed by atoms with Gasteiger partial charge in [0.25, 0.3) is 0 Å². The van der Waals surface area contributed by atoms with E-state index in [1.165, 1.54) is 19.3 Å². The Bertz CT molecular complexity index is 330. The molecule has 0 aromatic carbocycles. The topological polar surface area (TPSA) is 55.4 Å². The van der Waals surface area contributed by atoms with Gasteiger partial charge in [-0.1, -0.05) is 13.3 Å². The molecular formula is C14H29NO3S. The van der Waals surface area contributed by atoms with Gasteiger partial charge in [0.15, 0.2) is 0 Å². The quantitative estimate of drug-likeness (QED) is 0.626. The van der Waals surface area contributed by atoms with Gasteiger partial charge in [0.2, 0.25) is 0 Å². The van der Waals surface area contributed by atoms with Gasteiger partial charge < -0.3 is 10.1 Å². The molecule has 2 unspecified atom stereocenters. The van der Waals surface area contributed by atoms with Crippen molar-refractivity contribution in [3.8, 4) is 0 Å². The van der Waals surface area contributed by atoms with Crippen LogP contribution in [0.3, 0.4) is 0 Å². The fraction of sp³-hybridized carbons (Fsp3) is 1.00. The van der Waals surface area contributed by atoms with Crippen molar-refractivity contribution in [3.05, 3.63) is 0 Å². The molecule has 19 heavy (non-hydrogen) atoms. The van der Waals surface area contributed by atoms with Crippen LogP contribution in [0.25, 0.3) is 0 Å². The zero-order valence-corrected chi connectivity index (χ0v) is 13.2. The third-order valence-corrected chi connectivity index (χ3v) is 5.69. The van der Waals surface area contributed by atoms with E-state index in [1.807, 2.05) is 0 Å². The summed E-state index contributed by atoms with van der Waals surface area (Å²) in [5.41, 5.74) is 0. The molecule has 0 amide bonds. The van der Waals surface area contributed by atoms with Crippen LogP contribution in [0, 0.1) is 5.92 Å². The number of nitrogens with one attached hydrogen (secondary N) is 1. The van der Waals surface area contributed by atoms with Gasteiger partial charge in [-0.15, -0.1) is 0 Å². The lowest BCUT2D eigenvalue weighted by Crippen LogP contribution is -2.33. The number of hydrogen-bond acceptors (Lipinski definition) is 4. The zero-order valence-electron chi connectivity index (χ0n) is 12.4. The molecule has 0 radical (unpaired) electrons. The Morgan fingerprint density at radius 3 is 2.74 bits per heavy atom. The minimum Gasteiger partial charge on any atom is -0.385 e. The van der Waals surface area contributed by atoms with Crippen LogP contribution in [0.5, 0.6) is 0 Å². The maximum Gasteiger partial charge on any atom is 0.150 e. The predicted molar refractivity (Wildman–Crippen MR) is 79.2 cm³/mol. The molecule has 0 bridgehead atoms. The minimum absolute atomic E-state index is 0.264. The monoisotopic (exact) mass is 291 g/mol. The second kappa shape index (κ2) is 8.93. The van der Waals surface area contributed by atoms with Crippen LogP contribution in [-0.2, 0) is 14.6 Å².